The summed E-state index contributed by atoms with van der Waals surface area (Å²) in [5.74, 6) is -0.493. The first kappa shape index (κ1) is 23.3. The van der Waals surface area contributed by atoms with E-state index in [4.69, 9.17) is 9.47 Å². The number of ketones is 1. The third-order valence-electron chi connectivity index (χ3n) is 5.79. The number of halogens is 3. The first-order valence-corrected chi connectivity index (χ1v) is 11.1. The summed E-state index contributed by atoms with van der Waals surface area (Å²) in [4.78, 5) is 30.3. The van der Waals surface area contributed by atoms with Crippen molar-refractivity contribution in [3.8, 4) is 0 Å². The molecule has 2 aromatic heterocycles. The molecule has 3 aromatic rings. The van der Waals surface area contributed by atoms with Crippen molar-refractivity contribution in [1.29, 1.82) is 0 Å². The van der Waals surface area contributed by atoms with Gasteiger partial charge in [0.2, 0.25) is 17.0 Å². The molecule has 6 nitrogen and oxygen atoms in total. The fraction of sp³-hybridized carbons (Fsp3) is 0.148. The van der Waals surface area contributed by atoms with E-state index in [0.717, 1.165) is 24.3 Å². The zero-order valence-electron chi connectivity index (χ0n) is 18.8. The Bertz CT molecular complexity index is 1540. The maximum absolute atomic E-state index is 13.4. The molecule has 0 amide bonds. The van der Waals surface area contributed by atoms with E-state index >= 15 is 0 Å². The summed E-state index contributed by atoms with van der Waals surface area (Å²) < 4.78 is 52.1. The number of alkyl halides is 3. The lowest BCUT2D eigenvalue weighted by Gasteiger charge is -2.19. The van der Waals surface area contributed by atoms with Gasteiger partial charge in [-0.2, -0.15) is 13.2 Å². The number of hydrogen-bond donors (Lipinski definition) is 0. The normalized spacial score (nSPS) is 15.5. The number of hydrogen-bond acceptors (Lipinski definition) is 5. The van der Waals surface area contributed by atoms with Crippen LogP contribution in [0.1, 0.15) is 34.6 Å². The third kappa shape index (κ3) is 4.59. The van der Waals surface area contributed by atoms with E-state index in [2.05, 4.69) is 4.98 Å². The molecule has 2 aliphatic rings. The van der Waals surface area contributed by atoms with Crippen LogP contribution >= 0.6 is 0 Å². The van der Waals surface area contributed by atoms with Crippen molar-refractivity contribution in [2.75, 3.05) is 0 Å². The SMILES string of the molecule is O=C(C1=COC=C(C2=CC=CCC2)O1)c1cn(Cc2cccc(C(F)(F)F)n2)c2ccccc2c1=O. The number of carbonyl (C=O) groups is 1. The van der Waals surface area contributed by atoms with E-state index < -0.39 is 23.1 Å². The predicted octanol–water partition coefficient (Wildman–Crippen LogP) is 5.65. The number of aromatic nitrogens is 2. The van der Waals surface area contributed by atoms with Gasteiger partial charge in [0.25, 0.3) is 0 Å². The average Bonchev–Trinajstić information content (AvgIpc) is 2.90. The molecule has 5 rings (SSSR count). The number of Topliss-reactive ketones (excluding diaryl/α,β-unsaturated/α-hetero) is 1. The molecule has 0 fully saturated rings. The minimum atomic E-state index is -4.59. The molecule has 0 spiro atoms. The Balaban J connectivity index is 1.52. The average molecular weight is 492 g/mol. The Hall–Kier alpha value is -4.40. The summed E-state index contributed by atoms with van der Waals surface area (Å²) >= 11 is 0. The Labute approximate surface area is 203 Å². The highest BCUT2D eigenvalue weighted by molar-refractivity contribution is 6.08. The number of nitrogens with zero attached hydrogens (tertiary/aromatic N) is 2. The van der Waals surface area contributed by atoms with E-state index in [0.29, 0.717) is 17.7 Å². The molecule has 9 heteroatoms. The Morgan fingerprint density at radius 2 is 1.92 bits per heavy atom. The van der Waals surface area contributed by atoms with Gasteiger partial charge in [0.15, 0.2) is 5.76 Å². The highest BCUT2D eigenvalue weighted by Gasteiger charge is 2.32. The largest absolute Gasteiger partial charge is 0.465 e. The number of allylic oxidation sites excluding steroid dienone is 5. The number of ether oxygens (including phenoxy) is 2. The summed E-state index contributed by atoms with van der Waals surface area (Å²) in [6.07, 6.45) is 6.51. The predicted molar refractivity (Wildman–Crippen MR) is 126 cm³/mol. The molecule has 0 bridgehead atoms. The minimum absolute atomic E-state index is 0.0915. The van der Waals surface area contributed by atoms with E-state index in [1.165, 1.54) is 29.2 Å². The third-order valence-corrected chi connectivity index (χ3v) is 5.79. The van der Waals surface area contributed by atoms with Gasteiger partial charge in [-0.05, 0) is 42.7 Å². The van der Waals surface area contributed by atoms with Crippen LogP contribution in [0.2, 0.25) is 0 Å². The second kappa shape index (κ2) is 9.33. The summed E-state index contributed by atoms with van der Waals surface area (Å²) in [7, 11) is 0. The number of rotatable bonds is 5. The Morgan fingerprint density at radius 1 is 1.08 bits per heavy atom. The number of para-hydroxylation sites is 1. The second-order valence-electron chi connectivity index (χ2n) is 8.22. The van der Waals surface area contributed by atoms with Gasteiger partial charge in [-0.25, -0.2) is 4.98 Å². The van der Waals surface area contributed by atoms with Gasteiger partial charge in [0.05, 0.1) is 23.3 Å². The molecular formula is C27H19F3N2O4. The molecule has 0 N–H and O–H groups in total. The number of benzene rings is 1. The van der Waals surface area contributed by atoms with Crippen LogP contribution in [0.15, 0.2) is 101 Å². The van der Waals surface area contributed by atoms with Crippen molar-refractivity contribution in [2.45, 2.75) is 25.6 Å². The fourth-order valence-corrected chi connectivity index (χ4v) is 4.04. The molecular weight excluding hydrogens is 473 g/mol. The van der Waals surface area contributed by atoms with Crippen LogP contribution in [0.3, 0.4) is 0 Å². The standard InChI is InChI=1S/C27H19F3N2O4/c28-27(29,30)24-12-6-9-18(31-24)13-32-14-20(25(33)19-10-4-5-11-21(19)32)26(34)23-16-35-15-22(36-23)17-7-2-1-3-8-17/h1-2,4-7,9-12,14-16H,3,8,13H2. The molecule has 1 aliphatic carbocycles. The fourth-order valence-electron chi connectivity index (χ4n) is 4.04. The molecule has 0 saturated heterocycles. The molecule has 0 atom stereocenters. The van der Waals surface area contributed by atoms with Gasteiger partial charge in [0, 0.05) is 11.6 Å². The molecule has 1 aliphatic heterocycles. The zero-order chi connectivity index (χ0) is 25.3. The van der Waals surface area contributed by atoms with Gasteiger partial charge in [0.1, 0.15) is 18.2 Å². The second-order valence-corrected chi connectivity index (χ2v) is 8.22. The van der Waals surface area contributed by atoms with Gasteiger partial charge in [-0.3, -0.25) is 9.59 Å². The molecule has 0 radical (unpaired) electrons. The van der Waals surface area contributed by atoms with Crippen LogP contribution in [0.25, 0.3) is 10.9 Å². The number of pyridine rings is 2. The van der Waals surface area contributed by atoms with Crippen LogP contribution in [-0.4, -0.2) is 15.3 Å². The lowest BCUT2D eigenvalue weighted by atomic mass is 10.0. The van der Waals surface area contributed by atoms with Gasteiger partial charge in [-0.1, -0.05) is 36.4 Å². The van der Waals surface area contributed by atoms with Gasteiger partial charge in [-0.15, -0.1) is 0 Å². The molecule has 3 heterocycles. The topological polar surface area (TPSA) is 70.4 Å². The molecule has 1 aromatic carbocycles. The summed E-state index contributed by atoms with van der Waals surface area (Å²) in [6.45, 7) is -0.0915. The van der Waals surface area contributed by atoms with Crippen LogP contribution in [0.5, 0.6) is 0 Å². The van der Waals surface area contributed by atoms with Crippen LogP contribution in [0.4, 0.5) is 13.2 Å². The van der Waals surface area contributed by atoms with Crippen LogP contribution in [-0.2, 0) is 22.2 Å². The summed E-state index contributed by atoms with van der Waals surface area (Å²) in [5.41, 5.74) is -0.324. The van der Waals surface area contributed by atoms with Gasteiger partial charge >= 0.3 is 6.18 Å². The summed E-state index contributed by atoms with van der Waals surface area (Å²) in [6, 6.07) is 10.2. The van der Waals surface area contributed by atoms with Crippen molar-refractivity contribution in [3.63, 3.8) is 0 Å². The maximum Gasteiger partial charge on any atom is 0.433 e. The van der Waals surface area contributed by atoms with Crippen molar-refractivity contribution in [3.05, 3.63) is 124 Å². The lowest BCUT2D eigenvalue weighted by Crippen LogP contribution is -2.22. The van der Waals surface area contributed by atoms with Crippen LogP contribution in [0, 0.1) is 0 Å². The molecule has 182 valence electrons. The van der Waals surface area contributed by atoms with Crippen molar-refractivity contribution in [1.82, 2.24) is 9.55 Å². The van der Waals surface area contributed by atoms with Crippen molar-refractivity contribution in [2.24, 2.45) is 0 Å². The molecule has 36 heavy (non-hydrogen) atoms. The van der Waals surface area contributed by atoms with E-state index in [1.807, 2.05) is 18.2 Å². The summed E-state index contributed by atoms with van der Waals surface area (Å²) in [5, 5.41) is 0.239. The molecule has 0 saturated carbocycles. The van der Waals surface area contributed by atoms with E-state index in [-0.39, 0.29) is 28.9 Å². The highest BCUT2D eigenvalue weighted by Crippen LogP contribution is 2.29. The first-order chi connectivity index (χ1) is 17.3. The quantitative estimate of drug-likeness (QED) is 0.431. The monoisotopic (exact) mass is 492 g/mol. The Kier molecular flexibility index (Phi) is 6.05. The maximum atomic E-state index is 13.4. The van der Waals surface area contributed by atoms with Crippen molar-refractivity contribution >= 4 is 16.7 Å². The lowest BCUT2D eigenvalue weighted by molar-refractivity contribution is -0.141. The first-order valence-electron chi connectivity index (χ1n) is 11.1. The smallest absolute Gasteiger partial charge is 0.433 e. The van der Waals surface area contributed by atoms with E-state index in [9.17, 15) is 22.8 Å². The van der Waals surface area contributed by atoms with E-state index in [1.54, 1.807) is 24.3 Å². The minimum Gasteiger partial charge on any atom is -0.465 e. The van der Waals surface area contributed by atoms with Crippen LogP contribution < -0.4 is 5.43 Å². The highest BCUT2D eigenvalue weighted by atomic mass is 19.4. The number of carbonyl (C=O) groups excluding carboxylic acids is 1. The molecule has 0 unspecified atom stereocenters. The van der Waals surface area contributed by atoms with Crippen molar-refractivity contribution < 1.29 is 27.4 Å². The Morgan fingerprint density at radius 3 is 2.69 bits per heavy atom. The number of fused-ring (bicyclic) bond motifs is 1. The zero-order valence-corrected chi connectivity index (χ0v) is 18.8. The van der Waals surface area contributed by atoms with Gasteiger partial charge < -0.3 is 14.0 Å².